The summed E-state index contributed by atoms with van der Waals surface area (Å²) in [4.78, 5) is 0. The monoisotopic (exact) mass is 255 g/mol. The zero-order valence-corrected chi connectivity index (χ0v) is 10.8. The maximum absolute atomic E-state index is 6.20. The van der Waals surface area contributed by atoms with Crippen LogP contribution in [0.1, 0.15) is 25.0 Å². The van der Waals surface area contributed by atoms with E-state index in [9.17, 15) is 0 Å². The van der Waals surface area contributed by atoms with Gasteiger partial charge in [0, 0.05) is 13.2 Å². The van der Waals surface area contributed by atoms with Gasteiger partial charge in [-0.15, -0.1) is 0 Å². The molecule has 0 aliphatic heterocycles. The van der Waals surface area contributed by atoms with Crippen LogP contribution >= 0.6 is 11.6 Å². The summed E-state index contributed by atoms with van der Waals surface area (Å²) in [6.45, 7) is 1.34. The standard InChI is InChI=1S/C12H18ClN3O/c1-17-6-5-16-12(11(13)8-15-16)9-3-2-4-10(14)7-9/h7-8,10H,2-6,14H2,1H3. The molecular weight excluding hydrogens is 238 g/mol. The minimum Gasteiger partial charge on any atom is -0.383 e. The molecule has 0 fully saturated rings. The van der Waals surface area contributed by atoms with Crippen molar-refractivity contribution in [3.63, 3.8) is 0 Å². The molecule has 2 rings (SSSR count). The SMILES string of the molecule is COCCn1ncc(Cl)c1C1=CC(N)CCC1. The fourth-order valence-electron chi connectivity index (χ4n) is 2.18. The highest BCUT2D eigenvalue weighted by Gasteiger charge is 2.18. The minimum absolute atomic E-state index is 0.139. The quantitative estimate of drug-likeness (QED) is 0.896. The van der Waals surface area contributed by atoms with Gasteiger partial charge in [0.2, 0.25) is 0 Å². The molecule has 1 atom stereocenters. The molecule has 1 aliphatic rings. The molecule has 0 aromatic carbocycles. The summed E-state index contributed by atoms with van der Waals surface area (Å²) >= 11 is 6.20. The molecule has 17 heavy (non-hydrogen) atoms. The van der Waals surface area contributed by atoms with E-state index in [0.717, 1.165) is 25.0 Å². The van der Waals surface area contributed by atoms with Gasteiger partial charge in [-0.1, -0.05) is 17.7 Å². The fraction of sp³-hybridized carbons (Fsp3) is 0.583. The average Bonchev–Trinajstić information content (AvgIpc) is 2.68. The van der Waals surface area contributed by atoms with Crippen LogP contribution in [0.5, 0.6) is 0 Å². The Kier molecular flexibility index (Phi) is 4.20. The molecule has 0 saturated heterocycles. The van der Waals surface area contributed by atoms with Crippen LogP contribution in [0.2, 0.25) is 5.02 Å². The number of methoxy groups -OCH3 is 1. The normalized spacial score (nSPS) is 20.4. The van der Waals surface area contributed by atoms with Crippen LogP contribution in [0.25, 0.3) is 5.57 Å². The molecule has 0 amide bonds. The number of ether oxygens (including phenoxy) is 1. The molecule has 2 N–H and O–H groups in total. The smallest absolute Gasteiger partial charge is 0.0862 e. The van der Waals surface area contributed by atoms with E-state index in [-0.39, 0.29) is 6.04 Å². The van der Waals surface area contributed by atoms with Crippen molar-refractivity contribution < 1.29 is 4.74 Å². The molecule has 0 bridgehead atoms. The van der Waals surface area contributed by atoms with Gasteiger partial charge in [-0.25, -0.2) is 0 Å². The second kappa shape index (κ2) is 5.67. The minimum atomic E-state index is 0.139. The number of hydrogen-bond acceptors (Lipinski definition) is 3. The van der Waals surface area contributed by atoms with Crippen LogP contribution in [-0.2, 0) is 11.3 Å². The predicted molar refractivity (Wildman–Crippen MR) is 68.9 cm³/mol. The van der Waals surface area contributed by atoms with E-state index in [1.807, 2.05) is 4.68 Å². The molecular formula is C12H18ClN3O. The third kappa shape index (κ3) is 2.89. The van der Waals surface area contributed by atoms with E-state index < -0.39 is 0 Å². The summed E-state index contributed by atoms with van der Waals surface area (Å²) < 4.78 is 6.97. The average molecular weight is 256 g/mol. The van der Waals surface area contributed by atoms with Crippen molar-refractivity contribution in [1.29, 1.82) is 0 Å². The Morgan fingerprint density at radius 1 is 1.65 bits per heavy atom. The Balaban J connectivity index is 2.26. The number of hydrogen-bond donors (Lipinski definition) is 1. The van der Waals surface area contributed by atoms with Gasteiger partial charge >= 0.3 is 0 Å². The van der Waals surface area contributed by atoms with Crippen LogP contribution in [0.4, 0.5) is 0 Å². The van der Waals surface area contributed by atoms with Gasteiger partial charge < -0.3 is 10.5 Å². The van der Waals surface area contributed by atoms with E-state index >= 15 is 0 Å². The van der Waals surface area contributed by atoms with Crippen molar-refractivity contribution in [3.8, 4) is 0 Å². The van der Waals surface area contributed by atoms with Crippen LogP contribution in [0, 0.1) is 0 Å². The molecule has 0 radical (unpaired) electrons. The first-order chi connectivity index (χ1) is 8.22. The highest BCUT2D eigenvalue weighted by Crippen LogP contribution is 2.31. The molecule has 94 valence electrons. The fourth-order valence-corrected chi connectivity index (χ4v) is 2.44. The zero-order chi connectivity index (χ0) is 12.3. The van der Waals surface area contributed by atoms with E-state index in [1.165, 1.54) is 5.57 Å². The Bertz CT molecular complexity index is 414. The molecule has 1 aliphatic carbocycles. The van der Waals surface area contributed by atoms with Crippen molar-refractivity contribution >= 4 is 17.2 Å². The maximum Gasteiger partial charge on any atom is 0.0862 e. The number of nitrogens with two attached hydrogens (primary N) is 1. The van der Waals surface area contributed by atoms with Crippen LogP contribution in [-0.4, -0.2) is 29.5 Å². The van der Waals surface area contributed by atoms with E-state index in [1.54, 1.807) is 13.3 Å². The lowest BCUT2D eigenvalue weighted by Gasteiger charge is -2.19. The summed E-state index contributed by atoms with van der Waals surface area (Å²) in [5.41, 5.74) is 8.17. The van der Waals surface area contributed by atoms with E-state index in [0.29, 0.717) is 18.2 Å². The topological polar surface area (TPSA) is 53.1 Å². The molecule has 1 heterocycles. The molecule has 0 spiro atoms. The summed E-state index contributed by atoms with van der Waals surface area (Å²) in [7, 11) is 1.68. The second-order valence-corrected chi connectivity index (χ2v) is 4.71. The van der Waals surface area contributed by atoms with Crippen LogP contribution in [0.3, 0.4) is 0 Å². The Morgan fingerprint density at radius 3 is 3.18 bits per heavy atom. The first-order valence-corrected chi connectivity index (χ1v) is 6.27. The lowest BCUT2D eigenvalue weighted by atomic mass is 9.94. The predicted octanol–water partition coefficient (Wildman–Crippen LogP) is 2.08. The molecule has 5 heteroatoms. The first-order valence-electron chi connectivity index (χ1n) is 5.89. The molecule has 1 unspecified atom stereocenters. The van der Waals surface area contributed by atoms with Crippen molar-refractivity contribution in [3.05, 3.63) is 23.0 Å². The second-order valence-electron chi connectivity index (χ2n) is 4.31. The lowest BCUT2D eigenvalue weighted by Crippen LogP contribution is -2.21. The van der Waals surface area contributed by atoms with Gasteiger partial charge in [0.05, 0.1) is 30.1 Å². The van der Waals surface area contributed by atoms with E-state index in [4.69, 9.17) is 22.1 Å². The summed E-state index contributed by atoms with van der Waals surface area (Å²) in [5.74, 6) is 0. The highest BCUT2D eigenvalue weighted by atomic mass is 35.5. The van der Waals surface area contributed by atoms with E-state index in [2.05, 4.69) is 11.2 Å². The Morgan fingerprint density at radius 2 is 2.47 bits per heavy atom. The first kappa shape index (κ1) is 12.6. The number of aromatic nitrogens is 2. The number of halogens is 1. The maximum atomic E-state index is 6.20. The van der Waals surface area contributed by atoms with Crippen molar-refractivity contribution in [2.45, 2.75) is 31.8 Å². The van der Waals surface area contributed by atoms with Gasteiger partial charge in [-0.05, 0) is 24.8 Å². The molecule has 4 nitrogen and oxygen atoms in total. The Labute approximate surface area is 106 Å². The summed E-state index contributed by atoms with van der Waals surface area (Å²) in [6, 6.07) is 0.139. The van der Waals surface area contributed by atoms with Gasteiger partial charge in [0.1, 0.15) is 0 Å². The summed E-state index contributed by atoms with van der Waals surface area (Å²) in [5, 5.41) is 4.97. The van der Waals surface area contributed by atoms with Crippen LogP contribution in [0.15, 0.2) is 12.3 Å². The van der Waals surface area contributed by atoms with Crippen molar-refractivity contribution in [2.24, 2.45) is 5.73 Å². The van der Waals surface area contributed by atoms with Gasteiger partial charge in [-0.2, -0.15) is 5.10 Å². The lowest BCUT2D eigenvalue weighted by molar-refractivity contribution is 0.183. The third-order valence-corrected chi connectivity index (χ3v) is 3.28. The molecule has 1 aromatic heterocycles. The number of rotatable bonds is 4. The highest BCUT2D eigenvalue weighted by molar-refractivity contribution is 6.32. The molecule has 1 aromatic rings. The number of nitrogens with zero attached hydrogens (tertiary/aromatic N) is 2. The number of allylic oxidation sites excluding steroid dienone is 1. The van der Waals surface area contributed by atoms with Crippen molar-refractivity contribution in [1.82, 2.24) is 9.78 Å². The van der Waals surface area contributed by atoms with Gasteiger partial charge in [-0.3, -0.25) is 4.68 Å². The molecule has 0 saturated carbocycles. The van der Waals surface area contributed by atoms with Gasteiger partial charge in [0.15, 0.2) is 0 Å². The van der Waals surface area contributed by atoms with Crippen molar-refractivity contribution in [2.75, 3.05) is 13.7 Å². The Hall–Kier alpha value is -0.840. The van der Waals surface area contributed by atoms with Gasteiger partial charge in [0.25, 0.3) is 0 Å². The third-order valence-electron chi connectivity index (χ3n) is 3.01. The summed E-state index contributed by atoms with van der Waals surface area (Å²) in [6.07, 6.45) is 6.97. The van der Waals surface area contributed by atoms with Crippen LogP contribution < -0.4 is 5.73 Å². The zero-order valence-electron chi connectivity index (χ0n) is 10.0. The largest absolute Gasteiger partial charge is 0.383 e.